The zero-order valence-electron chi connectivity index (χ0n) is 15.7. The summed E-state index contributed by atoms with van der Waals surface area (Å²) < 4.78 is 78.1. The van der Waals surface area contributed by atoms with Crippen LogP contribution in [0.25, 0.3) is 0 Å². The van der Waals surface area contributed by atoms with Gasteiger partial charge in [0, 0.05) is 30.3 Å². The van der Waals surface area contributed by atoms with Crippen molar-refractivity contribution in [1.29, 1.82) is 0 Å². The van der Waals surface area contributed by atoms with E-state index in [2.05, 4.69) is 15.6 Å². The Kier molecular flexibility index (Phi) is 6.19. The monoisotopic (exact) mass is 439 g/mol. The molecule has 2 N–H and O–H groups in total. The van der Waals surface area contributed by atoms with Gasteiger partial charge in [0.05, 0.1) is 16.7 Å². The van der Waals surface area contributed by atoms with E-state index in [9.17, 15) is 31.1 Å². The Hall–Kier alpha value is -3.56. The van der Waals surface area contributed by atoms with Crippen LogP contribution in [0.4, 0.5) is 37.7 Å². The van der Waals surface area contributed by atoms with E-state index in [1.54, 1.807) is 42.7 Å². The summed E-state index contributed by atoms with van der Waals surface area (Å²) in [5, 5.41) is 5.28. The zero-order chi connectivity index (χ0) is 22.6. The van der Waals surface area contributed by atoms with Gasteiger partial charge in [0.15, 0.2) is 0 Å². The predicted octanol–water partition coefficient (Wildman–Crippen LogP) is 5.98. The maximum Gasteiger partial charge on any atom is 0.417 e. The SMILES string of the molecule is O=C(Nc1ccc(C(F)(F)F)c(C(F)(F)F)c1)c1ccccc1NCc1ccncc1. The topological polar surface area (TPSA) is 54.0 Å². The van der Waals surface area contributed by atoms with Gasteiger partial charge in [-0.05, 0) is 48.0 Å². The fourth-order valence-corrected chi connectivity index (χ4v) is 2.84. The number of benzene rings is 2. The molecule has 0 spiro atoms. The zero-order valence-corrected chi connectivity index (χ0v) is 15.7. The number of para-hydroxylation sites is 1. The minimum absolute atomic E-state index is 0.116. The summed E-state index contributed by atoms with van der Waals surface area (Å²) in [7, 11) is 0. The van der Waals surface area contributed by atoms with Gasteiger partial charge in [0.25, 0.3) is 5.91 Å². The fraction of sp³-hybridized carbons (Fsp3) is 0.143. The molecular weight excluding hydrogens is 424 g/mol. The molecule has 4 nitrogen and oxygen atoms in total. The molecule has 2 aromatic carbocycles. The van der Waals surface area contributed by atoms with Crippen LogP contribution in [-0.4, -0.2) is 10.9 Å². The first-order valence-electron chi connectivity index (χ1n) is 8.87. The molecule has 0 aliphatic carbocycles. The number of carbonyl (C=O) groups excluding carboxylic acids is 1. The van der Waals surface area contributed by atoms with Crippen molar-refractivity contribution in [2.75, 3.05) is 10.6 Å². The Labute approximate surface area is 172 Å². The molecule has 31 heavy (non-hydrogen) atoms. The van der Waals surface area contributed by atoms with Gasteiger partial charge in [-0.25, -0.2) is 0 Å². The van der Waals surface area contributed by atoms with E-state index >= 15 is 0 Å². The number of anilines is 2. The molecule has 1 aromatic heterocycles. The molecule has 0 saturated heterocycles. The van der Waals surface area contributed by atoms with Gasteiger partial charge in [-0.1, -0.05) is 12.1 Å². The van der Waals surface area contributed by atoms with Gasteiger partial charge in [-0.3, -0.25) is 9.78 Å². The number of carbonyl (C=O) groups is 1. The maximum absolute atomic E-state index is 13.1. The van der Waals surface area contributed by atoms with E-state index in [4.69, 9.17) is 0 Å². The largest absolute Gasteiger partial charge is 0.417 e. The van der Waals surface area contributed by atoms with Crippen LogP contribution in [0.1, 0.15) is 27.0 Å². The molecule has 162 valence electrons. The molecule has 0 aliphatic rings. The number of aromatic nitrogens is 1. The third kappa shape index (κ3) is 5.53. The number of hydrogen-bond acceptors (Lipinski definition) is 3. The summed E-state index contributed by atoms with van der Waals surface area (Å²) in [6.07, 6.45) is -7.23. The van der Waals surface area contributed by atoms with Crippen LogP contribution in [0, 0.1) is 0 Å². The van der Waals surface area contributed by atoms with Gasteiger partial charge in [-0.2, -0.15) is 26.3 Å². The highest BCUT2D eigenvalue weighted by Crippen LogP contribution is 2.41. The molecular formula is C21H15F6N3O. The Morgan fingerprint density at radius 3 is 2.13 bits per heavy atom. The van der Waals surface area contributed by atoms with Crippen LogP contribution < -0.4 is 10.6 Å². The van der Waals surface area contributed by atoms with Crippen LogP contribution in [0.3, 0.4) is 0 Å². The standard InChI is InChI=1S/C21H15F6N3O/c22-20(23,24)16-6-5-14(11-17(16)21(25,26)27)30-19(31)15-3-1-2-4-18(15)29-12-13-7-9-28-10-8-13/h1-11,29H,12H2,(H,30,31). The molecule has 3 rings (SSSR count). The lowest BCUT2D eigenvalue weighted by Gasteiger charge is -2.17. The summed E-state index contributed by atoms with van der Waals surface area (Å²) in [4.78, 5) is 16.5. The van der Waals surface area contributed by atoms with Crippen molar-refractivity contribution in [2.45, 2.75) is 18.9 Å². The first-order valence-corrected chi connectivity index (χ1v) is 8.87. The lowest BCUT2D eigenvalue weighted by atomic mass is 10.0. The van der Waals surface area contributed by atoms with Gasteiger partial charge < -0.3 is 10.6 Å². The molecule has 1 amide bonds. The fourth-order valence-electron chi connectivity index (χ4n) is 2.84. The molecule has 0 atom stereocenters. The van der Waals surface area contributed by atoms with Crippen molar-refractivity contribution in [1.82, 2.24) is 4.98 Å². The van der Waals surface area contributed by atoms with Crippen molar-refractivity contribution in [3.05, 3.63) is 89.2 Å². The average molecular weight is 439 g/mol. The second-order valence-electron chi connectivity index (χ2n) is 6.46. The minimum Gasteiger partial charge on any atom is -0.380 e. The molecule has 0 fully saturated rings. The normalized spacial score (nSPS) is 11.8. The van der Waals surface area contributed by atoms with E-state index < -0.39 is 35.1 Å². The molecule has 1 heterocycles. The molecule has 10 heteroatoms. The van der Waals surface area contributed by atoms with E-state index in [-0.39, 0.29) is 11.6 Å². The van der Waals surface area contributed by atoms with Crippen molar-refractivity contribution in [3.8, 4) is 0 Å². The quantitative estimate of drug-likeness (QED) is 0.481. The van der Waals surface area contributed by atoms with Gasteiger partial charge in [-0.15, -0.1) is 0 Å². The number of alkyl halides is 6. The van der Waals surface area contributed by atoms with Gasteiger partial charge in [0.2, 0.25) is 0 Å². The highest BCUT2D eigenvalue weighted by molar-refractivity contribution is 6.08. The Morgan fingerprint density at radius 1 is 0.839 bits per heavy atom. The minimum atomic E-state index is -5.24. The molecule has 0 bridgehead atoms. The van der Waals surface area contributed by atoms with Crippen LogP contribution in [0.15, 0.2) is 67.0 Å². The van der Waals surface area contributed by atoms with Crippen LogP contribution in [0.5, 0.6) is 0 Å². The number of hydrogen-bond donors (Lipinski definition) is 2. The van der Waals surface area contributed by atoms with Crippen molar-refractivity contribution in [2.24, 2.45) is 0 Å². The lowest BCUT2D eigenvalue weighted by molar-refractivity contribution is -0.162. The first kappa shape index (κ1) is 22.1. The molecule has 3 aromatic rings. The van der Waals surface area contributed by atoms with Crippen molar-refractivity contribution >= 4 is 17.3 Å². The Balaban J connectivity index is 1.84. The van der Waals surface area contributed by atoms with Gasteiger partial charge in [0.1, 0.15) is 0 Å². The number of amides is 1. The Bertz CT molecular complexity index is 1060. The van der Waals surface area contributed by atoms with Gasteiger partial charge >= 0.3 is 12.4 Å². The van der Waals surface area contributed by atoms with Crippen molar-refractivity contribution in [3.63, 3.8) is 0 Å². The second-order valence-corrected chi connectivity index (χ2v) is 6.46. The van der Waals surface area contributed by atoms with Crippen LogP contribution in [0.2, 0.25) is 0 Å². The summed E-state index contributed by atoms with van der Waals surface area (Å²) >= 11 is 0. The van der Waals surface area contributed by atoms with Crippen LogP contribution in [-0.2, 0) is 18.9 Å². The molecule has 0 radical (unpaired) electrons. The third-order valence-corrected chi connectivity index (χ3v) is 4.29. The summed E-state index contributed by atoms with van der Waals surface area (Å²) in [6, 6.07) is 11.1. The second kappa shape index (κ2) is 8.66. The lowest BCUT2D eigenvalue weighted by Crippen LogP contribution is -2.19. The number of nitrogens with zero attached hydrogens (tertiary/aromatic N) is 1. The van der Waals surface area contributed by atoms with E-state index in [1.807, 2.05) is 0 Å². The summed E-state index contributed by atoms with van der Waals surface area (Å²) in [6.45, 7) is 0.352. The molecule has 0 aliphatic heterocycles. The smallest absolute Gasteiger partial charge is 0.380 e. The third-order valence-electron chi connectivity index (χ3n) is 4.29. The maximum atomic E-state index is 13.1. The van der Waals surface area contributed by atoms with Crippen LogP contribution >= 0.6 is 0 Å². The summed E-state index contributed by atoms with van der Waals surface area (Å²) in [5.41, 5.74) is -2.71. The number of nitrogens with one attached hydrogen (secondary N) is 2. The van der Waals surface area contributed by atoms with E-state index in [1.165, 1.54) is 6.07 Å². The number of halogens is 6. The number of pyridine rings is 1. The predicted molar refractivity (Wildman–Crippen MR) is 102 cm³/mol. The average Bonchev–Trinajstić information content (AvgIpc) is 2.72. The molecule has 0 unspecified atom stereocenters. The number of rotatable bonds is 5. The first-order chi connectivity index (χ1) is 14.6. The molecule has 0 saturated carbocycles. The van der Waals surface area contributed by atoms with E-state index in [0.717, 1.165) is 11.6 Å². The van der Waals surface area contributed by atoms with E-state index in [0.29, 0.717) is 18.3 Å². The van der Waals surface area contributed by atoms with Crippen molar-refractivity contribution < 1.29 is 31.1 Å². The highest BCUT2D eigenvalue weighted by atomic mass is 19.4. The Morgan fingerprint density at radius 2 is 1.48 bits per heavy atom. The summed E-state index contributed by atoms with van der Waals surface area (Å²) in [5.74, 6) is -0.772. The highest BCUT2D eigenvalue weighted by Gasteiger charge is 2.43.